The van der Waals surface area contributed by atoms with Crippen LogP contribution in [-0.2, 0) is 6.42 Å². The molecule has 14 heavy (non-hydrogen) atoms. The largest absolute Gasteiger partial charge is 0.338 e. The van der Waals surface area contributed by atoms with Crippen LogP contribution >= 0.6 is 11.3 Å². The van der Waals surface area contributed by atoms with Crippen LogP contribution in [0.15, 0.2) is 22.0 Å². The fourth-order valence-corrected chi connectivity index (χ4v) is 1.79. The quantitative estimate of drug-likeness (QED) is 0.836. The lowest BCUT2D eigenvalue weighted by molar-refractivity contribution is 0.358. The third kappa shape index (κ3) is 2.00. The van der Waals surface area contributed by atoms with Gasteiger partial charge in [0.2, 0.25) is 5.89 Å². The van der Waals surface area contributed by atoms with E-state index in [0.717, 1.165) is 0 Å². The number of aromatic nitrogens is 2. The molecule has 1 unspecified atom stereocenters. The molecule has 0 aliphatic carbocycles. The van der Waals surface area contributed by atoms with E-state index in [4.69, 9.17) is 10.3 Å². The van der Waals surface area contributed by atoms with Crippen molar-refractivity contribution in [3.63, 3.8) is 0 Å². The average Bonchev–Trinajstić information content (AvgIpc) is 2.75. The zero-order valence-electron chi connectivity index (χ0n) is 7.80. The first-order chi connectivity index (χ1) is 6.75. The molecule has 2 aromatic heterocycles. The molecule has 2 N–H and O–H groups in total. The number of nitrogens with zero attached hydrogens (tertiary/aromatic N) is 2. The summed E-state index contributed by atoms with van der Waals surface area (Å²) in [5.74, 6) is 1.19. The number of thiophene rings is 1. The molecule has 0 aliphatic heterocycles. The summed E-state index contributed by atoms with van der Waals surface area (Å²) >= 11 is 1.68. The second-order valence-electron chi connectivity index (χ2n) is 3.09. The minimum Gasteiger partial charge on any atom is -0.338 e. The van der Waals surface area contributed by atoms with E-state index in [9.17, 15) is 0 Å². The fraction of sp³-hybridized carbons (Fsp3) is 0.333. The van der Waals surface area contributed by atoms with Crippen LogP contribution in [0.5, 0.6) is 0 Å². The van der Waals surface area contributed by atoms with E-state index >= 15 is 0 Å². The second-order valence-corrected chi connectivity index (χ2v) is 4.13. The maximum atomic E-state index is 5.61. The van der Waals surface area contributed by atoms with Gasteiger partial charge in [-0.25, -0.2) is 0 Å². The van der Waals surface area contributed by atoms with Gasteiger partial charge in [-0.1, -0.05) is 11.2 Å². The van der Waals surface area contributed by atoms with Crippen LogP contribution in [0.3, 0.4) is 0 Å². The van der Waals surface area contributed by atoms with E-state index in [-0.39, 0.29) is 6.04 Å². The Morgan fingerprint density at radius 3 is 3.07 bits per heavy atom. The van der Waals surface area contributed by atoms with Crippen molar-refractivity contribution in [1.82, 2.24) is 10.1 Å². The van der Waals surface area contributed by atoms with Gasteiger partial charge in [0.15, 0.2) is 5.82 Å². The molecule has 74 valence electrons. The number of hydrogen-bond donors (Lipinski definition) is 1. The third-order valence-electron chi connectivity index (χ3n) is 1.79. The molecule has 2 rings (SSSR count). The Morgan fingerprint density at radius 2 is 2.50 bits per heavy atom. The molecule has 1 atom stereocenters. The highest BCUT2D eigenvalue weighted by Gasteiger charge is 2.10. The minimum absolute atomic E-state index is 0.195. The van der Waals surface area contributed by atoms with Gasteiger partial charge in [-0.3, -0.25) is 0 Å². The maximum absolute atomic E-state index is 5.61. The van der Waals surface area contributed by atoms with Gasteiger partial charge in [0, 0.05) is 11.3 Å². The molecule has 0 fully saturated rings. The maximum Gasteiger partial charge on any atom is 0.243 e. The van der Waals surface area contributed by atoms with Crippen LogP contribution in [0.2, 0.25) is 0 Å². The molecule has 0 spiro atoms. The number of rotatable bonds is 3. The Kier molecular flexibility index (Phi) is 2.60. The highest BCUT2D eigenvalue weighted by Crippen LogP contribution is 2.14. The van der Waals surface area contributed by atoms with E-state index in [1.807, 2.05) is 24.4 Å². The summed E-state index contributed by atoms with van der Waals surface area (Å²) in [6, 6.07) is 3.86. The normalized spacial score (nSPS) is 13.0. The van der Waals surface area contributed by atoms with Crippen LogP contribution in [0, 0.1) is 0 Å². The monoisotopic (exact) mass is 209 g/mol. The molecule has 0 aromatic carbocycles. The van der Waals surface area contributed by atoms with Crippen molar-refractivity contribution < 1.29 is 4.52 Å². The van der Waals surface area contributed by atoms with Crippen LogP contribution < -0.4 is 5.73 Å². The van der Waals surface area contributed by atoms with Gasteiger partial charge in [0.05, 0.1) is 6.04 Å². The van der Waals surface area contributed by atoms with E-state index in [2.05, 4.69) is 10.1 Å². The summed E-state index contributed by atoms with van der Waals surface area (Å²) in [6.45, 7) is 1.82. The lowest BCUT2D eigenvalue weighted by atomic mass is 10.3. The summed E-state index contributed by atoms with van der Waals surface area (Å²) in [5, 5.41) is 5.88. The predicted molar refractivity (Wildman–Crippen MR) is 54.0 cm³/mol. The lowest BCUT2D eigenvalue weighted by Crippen LogP contribution is -2.05. The van der Waals surface area contributed by atoms with Crippen molar-refractivity contribution in [3.05, 3.63) is 34.1 Å². The smallest absolute Gasteiger partial charge is 0.243 e. The van der Waals surface area contributed by atoms with E-state index in [1.54, 1.807) is 11.3 Å². The molecule has 2 aromatic rings. The van der Waals surface area contributed by atoms with Crippen molar-refractivity contribution in [2.75, 3.05) is 0 Å². The van der Waals surface area contributed by atoms with Crippen molar-refractivity contribution in [2.45, 2.75) is 19.4 Å². The number of nitrogens with two attached hydrogens (primary N) is 1. The van der Waals surface area contributed by atoms with Crippen LogP contribution in [0.25, 0.3) is 0 Å². The minimum atomic E-state index is -0.195. The highest BCUT2D eigenvalue weighted by molar-refractivity contribution is 7.09. The summed E-state index contributed by atoms with van der Waals surface area (Å²) in [6.07, 6.45) is 0.716. The Morgan fingerprint density at radius 1 is 1.64 bits per heavy atom. The molecule has 0 aliphatic rings. The van der Waals surface area contributed by atoms with E-state index in [1.165, 1.54) is 4.88 Å². The molecule has 4 nitrogen and oxygen atoms in total. The fourth-order valence-electron chi connectivity index (χ4n) is 1.09. The van der Waals surface area contributed by atoms with Crippen LogP contribution in [0.1, 0.15) is 29.6 Å². The van der Waals surface area contributed by atoms with Gasteiger partial charge in [-0.15, -0.1) is 11.3 Å². The first kappa shape index (κ1) is 9.36. The highest BCUT2D eigenvalue weighted by atomic mass is 32.1. The molecule has 0 amide bonds. The first-order valence-corrected chi connectivity index (χ1v) is 5.24. The van der Waals surface area contributed by atoms with E-state index in [0.29, 0.717) is 18.1 Å². The SMILES string of the molecule is CC(N)c1nc(Cc2cccs2)no1. The van der Waals surface area contributed by atoms with E-state index < -0.39 is 0 Å². The third-order valence-corrected chi connectivity index (χ3v) is 2.66. The van der Waals surface area contributed by atoms with Crippen molar-refractivity contribution >= 4 is 11.3 Å². The van der Waals surface area contributed by atoms with Crippen LogP contribution in [-0.4, -0.2) is 10.1 Å². The lowest BCUT2D eigenvalue weighted by Gasteiger charge is -1.92. The van der Waals surface area contributed by atoms with Gasteiger partial charge in [0.25, 0.3) is 0 Å². The zero-order chi connectivity index (χ0) is 9.97. The molecular formula is C9H11N3OS. The summed E-state index contributed by atoms with van der Waals surface area (Å²) < 4.78 is 4.99. The van der Waals surface area contributed by atoms with Crippen LogP contribution in [0.4, 0.5) is 0 Å². The Hall–Kier alpha value is -1.20. The second kappa shape index (κ2) is 3.89. The Balaban J connectivity index is 2.11. The zero-order valence-corrected chi connectivity index (χ0v) is 8.62. The van der Waals surface area contributed by atoms with Gasteiger partial charge in [-0.05, 0) is 18.4 Å². The average molecular weight is 209 g/mol. The van der Waals surface area contributed by atoms with Gasteiger partial charge >= 0.3 is 0 Å². The standard InChI is InChI=1S/C9H11N3OS/c1-6(10)9-11-8(12-13-9)5-7-3-2-4-14-7/h2-4,6H,5,10H2,1H3. The topological polar surface area (TPSA) is 64.9 Å². The number of hydrogen-bond acceptors (Lipinski definition) is 5. The molecule has 0 saturated heterocycles. The summed E-state index contributed by atoms with van der Waals surface area (Å²) in [4.78, 5) is 5.41. The van der Waals surface area contributed by atoms with Gasteiger partial charge in [-0.2, -0.15) is 4.98 Å². The van der Waals surface area contributed by atoms with Crippen molar-refractivity contribution in [2.24, 2.45) is 5.73 Å². The molecular weight excluding hydrogens is 198 g/mol. The molecule has 0 saturated carbocycles. The Labute approximate surface area is 85.7 Å². The first-order valence-electron chi connectivity index (χ1n) is 4.36. The molecule has 0 bridgehead atoms. The van der Waals surface area contributed by atoms with Crippen molar-refractivity contribution in [1.29, 1.82) is 0 Å². The van der Waals surface area contributed by atoms with Crippen molar-refractivity contribution in [3.8, 4) is 0 Å². The predicted octanol–water partition coefficient (Wildman–Crippen LogP) is 1.74. The van der Waals surface area contributed by atoms with Gasteiger partial charge < -0.3 is 10.3 Å². The summed E-state index contributed by atoms with van der Waals surface area (Å²) in [5.41, 5.74) is 5.61. The molecule has 2 heterocycles. The Bertz CT molecular complexity index is 394. The molecule has 5 heteroatoms. The molecule has 0 radical (unpaired) electrons. The summed E-state index contributed by atoms with van der Waals surface area (Å²) in [7, 11) is 0. The van der Waals surface area contributed by atoms with Gasteiger partial charge in [0.1, 0.15) is 0 Å².